The Bertz CT molecular complexity index is 456. The number of nitro groups is 1. The first-order chi connectivity index (χ1) is 8.10. The summed E-state index contributed by atoms with van der Waals surface area (Å²) >= 11 is 0. The van der Waals surface area contributed by atoms with E-state index in [9.17, 15) is 19.7 Å². The van der Waals surface area contributed by atoms with Gasteiger partial charge in [-0.25, -0.2) is 4.79 Å². The normalized spacial score (nSPS) is 9.47. The van der Waals surface area contributed by atoms with Gasteiger partial charge in [-0.1, -0.05) is 0 Å². The molecule has 0 aliphatic heterocycles. The molecule has 1 aromatic rings. The van der Waals surface area contributed by atoms with Crippen molar-refractivity contribution in [3.8, 4) is 0 Å². The molecule has 0 heterocycles. The number of esters is 1. The summed E-state index contributed by atoms with van der Waals surface area (Å²) in [5.41, 5.74) is -0.0291. The third-order valence-corrected chi connectivity index (χ3v) is 2.01. The maximum absolute atomic E-state index is 11.2. The number of nitrogens with zero attached hydrogens (tertiary/aromatic N) is 1. The molecule has 0 unspecified atom stereocenters. The fourth-order valence-electron chi connectivity index (χ4n) is 1.22. The highest BCUT2D eigenvalue weighted by atomic mass is 16.6. The maximum Gasteiger partial charge on any atom is 0.338 e. The summed E-state index contributed by atoms with van der Waals surface area (Å²) in [6, 6.07) is 3.78. The van der Waals surface area contributed by atoms with Gasteiger partial charge >= 0.3 is 5.97 Å². The van der Waals surface area contributed by atoms with E-state index in [0.29, 0.717) is 0 Å². The summed E-state index contributed by atoms with van der Waals surface area (Å²) in [5, 5.41) is 10.8. The van der Waals surface area contributed by atoms with E-state index in [0.717, 1.165) is 6.07 Å². The summed E-state index contributed by atoms with van der Waals surface area (Å²) in [5.74, 6) is -0.670. The van der Waals surface area contributed by atoms with Crippen LogP contribution in [0.1, 0.15) is 15.9 Å². The third kappa shape index (κ3) is 3.00. The Labute approximate surface area is 96.1 Å². The second-order valence-electron chi connectivity index (χ2n) is 3.00. The molecule has 0 atom stereocenters. The molecule has 0 fully saturated rings. The van der Waals surface area contributed by atoms with Crippen LogP contribution in [0.5, 0.6) is 0 Å². The van der Waals surface area contributed by atoms with E-state index in [1.807, 2.05) is 0 Å². The second kappa shape index (κ2) is 5.59. The Morgan fingerprint density at radius 3 is 2.76 bits per heavy atom. The van der Waals surface area contributed by atoms with Crippen LogP contribution in [0.3, 0.4) is 0 Å². The zero-order valence-electron chi connectivity index (χ0n) is 8.91. The Morgan fingerprint density at radius 2 is 2.24 bits per heavy atom. The fraction of sp³-hybridized carbons (Fsp3) is 0.200. The molecule has 0 spiro atoms. The van der Waals surface area contributed by atoms with E-state index in [1.165, 1.54) is 19.2 Å². The zero-order valence-corrected chi connectivity index (χ0v) is 8.91. The standard InChI is InChI=1S/C10H9NO6/c1-16-10(13)7-2-3-8(5-17-6-12)9(4-7)11(14)15/h2-4,6H,5H2,1H3. The summed E-state index contributed by atoms with van der Waals surface area (Å²) in [4.78, 5) is 31.3. The van der Waals surface area contributed by atoms with Gasteiger partial charge in [0.2, 0.25) is 0 Å². The van der Waals surface area contributed by atoms with Gasteiger partial charge in [0, 0.05) is 6.07 Å². The lowest BCUT2D eigenvalue weighted by Gasteiger charge is -2.04. The number of rotatable bonds is 5. The predicted molar refractivity (Wildman–Crippen MR) is 55.3 cm³/mol. The minimum Gasteiger partial charge on any atom is -0.465 e. The summed E-state index contributed by atoms with van der Waals surface area (Å²) in [6.07, 6.45) is 0. The summed E-state index contributed by atoms with van der Waals surface area (Å²) in [6.45, 7) is -0.0286. The molecule has 7 heteroatoms. The lowest BCUT2D eigenvalue weighted by molar-refractivity contribution is -0.385. The molecule has 17 heavy (non-hydrogen) atoms. The highest BCUT2D eigenvalue weighted by Crippen LogP contribution is 2.21. The fourth-order valence-corrected chi connectivity index (χ4v) is 1.22. The van der Waals surface area contributed by atoms with Crippen LogP contribution >= 0.6 is 0 Å². The molecule has 0 radical (unpaired) electrons. The minimum absolute atomic E-state index is 0.0639. The number of ether oxygens (including phenoxy) is 2. The van der Waals surface area contributed by atoms with Crippen molar-refractivity contribution in [2.24, 2.45) is 0 Å². The molecule has 0 N–H and O–H groups in total. The van der Waals surface area contributed by atoms with Crippen LogP contribution in [0.15, 0.2) is 18.2 Å². The Kier molecular flexibility index (Phi) is 4.15. The van der Waals surface area contributed by atoms with Crippen LogP contribution in [0.2, 0.25) is 0 Å². The van der Waals surface area contributed by atoms with Gasteiger partial charge < -0.3 is 9.47 Å². The van der Waals surface area contributed by atoms with Crippen LogP contribution < -0.4 is 0 Å². The number of carbonyl (C=O) groups is 2. The number of methoxy groups -OCH3 is 1. The second-order valence-corrected chi connectivity index (χ2v) is 3.00. The first-order valence-corrected chi connectivity index (χ1v) is 4.51. The van der Waals surface area contributed by atoms with Crippen molar-refractivity contribution in [1.29, 1.82) is 0 Å². The van der Waals surface area contributed by atoms with Crippen molar-refractivity contribution in [2.45, 2.75) is 6.61 Å². The van der Waals surface area contributed by atoms with Gasteiger partial charge in [-0.15, -0.1) is 0 Å². The van der Waals surface area contributed by atoms with E-state index < -0.39 is 10.9 Å². The van der Waals surface area contributed by atoms with Gasteiger partial charge in [-0.2, -0.15) is 0 Å². The van der Waals surface area contributed by atoms with Crippen molar-refractivity contribution in [2.75, 3.05) is 7.11 Å². The van der Waals surface area contributed by atoms with E-state index in [2.05, 4.69) is 9.47 Å². The Hall–Kier alpha value is -2.44. The third-order valence-electron chi connectivity index (χ3n) is 2.01. The molecule has 0 aliphatic carbocycles. The molecule has 0 saturated carbocycles. The van der Waals surface area contributed by atoms with Gasteiger partial charge in [-0.05, 0) is 12.1 Å². The molecule has 1 aromatic carbocycles. The number of hydrogen-bond donors (Lipinski definition) is 0. The van der Waals surface area contributed by atoms with Gasteiger partial charge in [0.15, 0.2) is 0 Å². The molecule has 0 amide bonds. The number of hydrogen-bond acceptors (Lipinski definition) is 6. The van der Waals surface area contributed by atoms with Crippen molar-refractivity contribution in [3.05, 3.63) is 39.4 Å². The highest BCUT2D eigenvalue weighted by Gasteiger charge is 2.17. The van der Waals surface area contributed by atoms with Gasteiger partial charge in [0.25, 0.3) is 12.2 Å². The molecular weight excluding hydrogens is 230 g/mol. The molecule has 0 aliphatic rings. The quantitative estimate of drug-likeness (QED) is 0.330. The van der Waals surface area contributed by atoms with Crippen LogP contribution in [0.4, 0.5) is 5.69 Å². The van der Waals surface area contributed by atoms with E-state index in [-0.39, 0.29) is 29.9 Å². The molecule has 0 bridgehead atoms. The largest absolute Gasteiger partial charge is 0.465 e. The van der Waals surface area contributed by atoms with Gasteiger partial charge in [0.1, 0.15) is 6.61 Å². The molecular formula is C10H9NO6. The lowest BCUT2D eigenvalue weighted by atomic mass is 10.1. The summed E-state index contributed by atoms with van der Waals surface area (Å²) in [7, 11) is 1.18. The maximum atomic E-state index is 11.2. The van der Waals surface area contributed by atoms with Crippen LogP contribution in [-0.2, 0) is 20.9 Å². The average molecular weight is 239 g/mol. The molecule has 0 aromatic heterocycles. The molecule has 7 nitrogen and oxygen atoms in total. The number of carbonyl (C=O) groups excluding carboxylic acids is 2. The minimum atomic E-state index is -0.670. The van der Waals surface area contributed by atoms with Crippen molar-refractivity contribution < 1.29 is 24.0 Å². The van der Waals surface area contributed by atoms with Crippen LogP contribution in [0.25, 0.3) is 0 Å². The highest BCUT2D eigenvalue weighted by molar-refractivity contribution is 5.90. The molecule has 90 valence electrons. The number of nitro benzene ring substituents is 1. The SMILES string of the molecule is COC(=O)c1ccc(COC=O)c([N+](=O)[O-])c1. The Balaban J connectivity index is 3.12. The predicted octanol–water partition coefficient (Wildman–Crippen LogP) is 1.05. The lowest BCUT2D eigenvalue weighted by Crippen LogP contribution is -2.04. The van der Waals surface area contributed by atoms with Crippen LogP contribution in [-0.4, -0.2) is 24.5 Å². The van der Waals surface area contributed by atoms with E-state index in [1.54, 1.807) is 0 Å². The van der Waals surface area contributed by atoms with Crippen molar-refractivity contribution in [1.82, 2.24) is 0 Å². The topological polar surface area (TPSA) is 95.7 Å². The zero-order chi connectivity index (χ0) is 12.8. The Morgan fingerprint density at radius 1 is 1.53 bits per heavy atom. The summed E-state index contributed by atoms with van der Waals surface area (Å²) < 4.78 is 8.88. The van der Waals surface area contributed by atoms with Gasteiger partial charge in [-0.3, -0.25) is 14.9 Å². The van der Waals surface area contributed by atoms with Crippen molar-refractivity contribution >= 4 is 18.1 Å². The van der Waals surface area contributed by atoms with E-state index >= 15 is 0 Å². The first-order valence-electron chi connectivity index (χ1n) is 4.51. The smallest absolute Gasteiger partial charge is 0.338 e. The van der Waals surface area contributed by atoms with Crippen LogP contribution in [0, 0.1) is 10.1 Å². The molecule has 1 rings (SSSR count). The monoisotopic (exact) mass is 239 g/mol. The molecule has 0 saturated heterocycles. The van der Waals surface area contributed by atoms with Gasteiger partial charge in [0.05, 0.1) is 23.2 Å². The first kappa shape index (κ1) is 12.6. The average Bonchev–Trinajstić information content (AvgIpc) is 2.35. The number of benzene rings is 1. The van der Waals surface area contributed by atoms with E-state index in [4.69, 9.17) is 0 Å². The van der Waals surface area contributed by atoms with Crippen molar-refractivity contribution in [3.63, 3.8) is 0 Å².